The molecule has 2 unspecified atom stereocenters. The van der Waals surface area contributed by atoms with Crippen LogP contribution in [0.2, 0.25) is 0 Å². The molecule has 4 nitrogen and oxygen atoms in total. The van der Waals surface area contributed by atoms with Crippen molar-refractivity contribution in [3.63, 3.8) is 0 Å². The predicted molar refractivity (Wildman–Crippen MR) is 80.7 cm³/mol. The summed E-state index contributed by atoms with van der Waals surface area (Å²) in [7, 11) is 0. The first-order valence-corrected chi connectivity index (χ1v) is 8.99. The molecular formula is C14H27N3OS. The zero-order valence-electron chi connectivity index (χ0n) is 11.9. The van der Waals surface area contributed by atoms with Gasteiger partial charge < -0.3 is 10.1 Å². The summed E-state index contributed by atoms with van der Waals surface area (Å²) in [5.74, 6) is 2.54. The Morgan fingerprint density at radius 1 is 0.947 bits per heavy atom. The number of hydrogen-bond acceptors (Lipinski definition) is 5. The summed E-state index contributed by atoms with van der Waals surface area (Å²) in [6, 6.07) is 0.618. The van der Waals surface area contributed by atoms with Crippen molar-refractivity contribution in [3.8, 4) is 0 Å². The van der Waals surface area contributed by atoms with Crippen molar-refractivity contribution >= 4 is 11.8 Å². The third-order valence-electron chi connectivity index (χ3n) is 4.54. The Labute approximate surface area is 121 Å². The molecule has 3 heterocycles. The van der Waals surface area contributed by atoms with Crippen molar-refractivity contribution in [2.75, 3.05) is 57.4 Å². The van der Waals surface area contributed by atoms with Crippen LogP contribution in [0.15, 0.2) is 0 Å². The fraction of sp³-hybridized carbons (Fsp3) is 1.00. The number of nitrogens with one attached hydrogen (secondary N) is 1. The van der Waals surface area contributed by atoms with Gasteiger partial charge in [0.05, 0.1) is 0 Å². The monoisotopic (exact) mass is 285 g/mol. The highest BCUT2D eigenvalue weighted by molar-refractivity contribution is 7.99. The molecule has 3 saturated heterocycles. The average Bonchev–Trinajstić information content (AvgIpc) is 2.75. The van der Waals surface area contributed by atoms with Crippen molar-refractivity contribution in [2.24, 2.45) is 0 Å². The summed E-state index contributed by atoms with van der Waals surface area (Å²) in [5, 5.41) is 3.46. The number of nitrogens with zero attached hydrogens (tertiary/aromatic N) is 2. The summed E-state index contributed by atoms with van der Waals surface area (Å²) in [5.41, 5.74) is 0. The van der Waals surface area contributed by atoms with Crippen LogP contribution in [0.5, 0.6) is 0 Å². The minimum atomic E-state index is 0.349. The van der Waals surface area contributed by atoms with E-state index >= 15 is 0 Å². The molecule has 0 aliphatic carbocycles. The van der Waals surface area contributed by atoms with E-state index in [1.807, 2.05) is 0 Å². The van der Waals surface area contributed by atoms with Crippen LogP contribution in [0.3, 0.4) is 0 Å². The quantitative estimate of drug-likeness (QED) is 0.811. The summed E-state index contributed by atoms with van der Waals surface area (Å²) in [4.78, 5) is 5.28. The molecule has 3 aliphatic rings. The molecule has 1 N–H and O–H groups in total. The Morgan fingerprint density at radius 3 is 2.53 bits per heavy atom. The van der Waals surface area contributed by atoms with Gasteiger partial charge in [-0.1, -0.05) is 0 Å². The second kappa shape index (κ2) is 7.27. The summed E-state index contributed by atoms with van der Waals surface area (Å²) >= 11 is 2.08. The minimum absolute atomic E-state index is 0.349. The highest BCUT2D eigenvalue weighted by Crippen LogP contribution is 2.25. The van der Waals surface area contributed by atoms with Crippen LogP contribution in [-0.4, -0.2) is 79.5 Å². The predicted octanol–water partition coefficient (Wildman–Crippen LogP) is 0.836. The molecule has 5 heteroatoms. The lowest BCUT2D eigenvalue weighted by molar-refractivity contribution is -0.0977. The van der Waals surface area contributed by atoms with Gasteiger partial charge in [-0.2, -0.15) is 11.8 Å². The van der Waals surface area contributed by atoms with Crippen LogP contribution in [0.1, 0.15) is 19.3 Å². The first-order chi connectivity index (χ1) is 9.45. The zero-order chi connectivity index (χ0) is 12.9. The van der Waals surface area contributed by atoms with E-state index in [0.29, 0.717) is 12.3 Å². The molecule has 0 amide bonds. The molecule has 0 saturated carbocycles. The van der Waals surface area contributed by atoms with E-state index in [-0.39, 0.29) is 0 Å². The van der Waals surface area contributed by atoms with Gasteiger partial charge in [0.2, 0.25) is 0 Å². The second-order valence-corrected chi connectivity index (χ2v) is 6.98. The molecule has 0 aromatic carbocycles. The maximum Gasteiger partial charge on any atom is 0.126 e. The first kappa shape index (κ1) is 14.1. The molecule has 0 aromatic rings. The van der Waals surface area contributed by atoms with Gasteiger partial charge in [0.1, 0.15) is 6.23 Å². The largest absolute Gasteiger partial charge is 0.361 e. The van der Waals surface area contributed by atoms with E-state index in [1.54, 1.807) is 0 Å². The van der Waals surface area contributed by atoms with Crippen molar-refractivity contribution in [3.05, 3.63) is 0 Å². The van der Waals surface area contributed by atoms with Crippen LogP contribution in [0.4, 0.5) is 0 Å². The van der Waals surface area contributed by atoms with E-state index in [9.17, 15) is 0 Å². The number of rotatable bonds is 2. The molecule has 0 aromatic heterocycles. The zero-order valence-corrected chi connectivity index (χ0v) is 12.7. The van der Waals surface area contributed by atoms with Crippen LogP contribution < -0.4 is 5.32 Å². The number of ether oxygens (including phenoxy) is 1. The number of thioether (sulfide) groups is 1. The molecule has 110 valence electrons. The maximum absolute atomic E-state index is 6.26. The fourth-order valence-electron chi connectivity index (χ4n) is 3.47. The standard InChI is InChI=1S/C14H27N3OS/c1-2-10-18-14(17-8-11-19-12-9-17)13(3-1)16-6-4-15-5-7-16/h13-15H,1-12H2. The van der Waals surface area contributed by atoms with Crippen molar-refractivity contribution in [2.45, 2.75) is 31.5 Å². The van der Waals surface area contributed by atoms with E-state index in [1.165, 1.54) is 56.9 Å². The maximum atomic E-state index is 6.26. The molecule has 3 aliphatic heterocycles. The molecular weight excluding hydrogens is 258 g/mol. The van der Waals surface area contributed by atoms with Gasteiger partial charge in [-0.25, -0.2) is 0 Å². The molecule has 0 spiro atoms. The lowest BCUT2D eigenvalue weighted by Crippen LogP contribution is -2.58. The van der Waals surface area contributed by atoms with Crippen LogP contribution in [0.25, 0.3) is 0 Å². The molecule has 3 rings (SSSR count). The van der Waals surface area contributed by atoms with Crippen molar-refractivity contribution in [1.29, 1.82) is 0 Å². The first-order valence-electron chi connectivity index (χ1n) is 7.83. The van der Waals surface area contributed by atoms with E-state index in [2.05, 4.69) is 26.9 Å². The van der Waals surface area contributed by atoms with Gasteiger partial charge in [0.15, 0.2) is 0 Å². The minimum Gasteiger partial charge on any atom is -0.361 e. The third-order valence-corrected chi connectivity index (χ3v) is 5.48. The third kappa shape index (κ3) is 3.64. The van der Waals surface area contributed by atoms with E-state index in [4.69, 9.17) is 4.74 Å². The second-order valence-electron chi connectivity index (χ2n) is 5.76. The molecule has 2 atom stereocenters. The summed E-state index contributed by atoms with van der Waals surface area (Å²) < 4.78 is 6.26. The number of hydrogen-bond donors (Lipinski definition) is 1. The Morgan fingerprint density at radius 2 is 1.74 bits per heavy atom. The van der Waals surface area contributed by atoms with Gasteiger partial charge in [-0.15, -0.1) is 0 Å². The fourth-order valence-corrected chi connectivity index (χ4v) is 4.40. The molecule has 3 fully saturated rings. The van der Waals surface area contributed by atoms with E-state index in [0.717, 1.165) is 19.7 Å². The highest BCUT2D eigenvalue weighted by Gasteiger charge is 2.34. The van der Waals surface area contributed by atoms with Crippen molar-refractivity contribution in [1.82, 2.24) is 15.1 Å². The summed E-state index contributed by atoms with van der Waals surface area (Å²) in [6.45, 7) is 8.02. The number of piperazine rings is 1. The molecule has 19 heavy (non-hydrogen) atoms. The highest BCUT2D eigenvalue weighted by atomic mass is 32.2. The van der Waals surface area contributed by atoms with Crippen LogP contribution in [0, 0.1) is 0 Å². The topological polar surface area (TPSA) is 27.7 Å². The Balaban J connectivity index is 1.68. The van der Waals surface area contributed by atoms with Gasteiger partial charge in [-0.3, -0.25) is 9.80 Å². The lowest BCUT2D eigenvalue weighted by Gasteiger charge is -2.43. The Kier molecular flexibility index (Phi) is 5.41. The molecule has 0 radical (unpaired) electrons. The Hall–Kier alpha value is 0.190. The normalized spacial score (nSPS) is 36.0. The smallest absolute Gasteiger partial charge is 0.126 e. The lowest BCUT2D eigenvalue weighted by atomic mass is 10.1. The van der Waals surface area contributed by atoms with Crippen LogP contribution in [-0.2, 0) is 4.74 Å². The van der Waals surface area contributed by atoms with Crippen LogP contribution >= 0.6 is 11.8 Å². The van der Waals surface area contributed by atoms with Gasteiger partial charge >= 0.3 is 0 Å². The summed E-state index contributed by atoms with van der Waals surface area (Å²) in [6.07, 6.45) is 4.23. The van der Waals surface area contributed by atoms with Gasteiger partial charge in [0, 0.05) is 63.4 Å². The van der Waals surface area contributed by atoms with Gasteiger partial charge in [-0.05, 0) is 19.3 Å². The average molecular weight is 285 g/mol. The molecule has 0 bridgehead atoms. The Bertz CT molecular complexity index is 241. The van der Waals surface area contributed by atoms with Gasteiger partial charge in [0.25, 0.3) is 0 Å². The SMILES string of the molecule is C1CCC(N2CCNCC2)C(N2CCSCC2)OC1. The van der Waals surface area contributed by atoms with E-state index < -0.39 is 0 Å². The van der Waals surface area contributed by atoms with Crippen molar-refractivity contribution < 1.29 is 4.74 Å².